The average molecular weight is 181 g/mol. The summed E-state index contributed by atoms with van der Waals surface area (Å²) in [5, 5.41) is 3.98. The van der Waals surface area contributed by atoms with Crippen molar-refractivity contribution in [2.24, 2.45) is 4.99 Å². The summed E-state index contributed by atoms with van der Waals surface area (Å²) in [5.41, 5.74) is 1.05. The van der Waals surface area contributed by atoms with Crippen molar-refractivity contribution >= 4 is 17.8 Å². The van der Waals surface area contributed by atoms with Gasteiger partial charge in [0, 0.05) is 23.3 Å². The van der Waals surface area contributed by atoms with Crippen molar-refractivity contribution in [1.29, 1.82) is 0 Å². The quantitative estimate of drug-likeness (QED) is 0.703. The first-order valence-electron chi connectivity index (χ1n) is 3.87. The van der Waals surface area contributed by atoms with Gasteiger partial charge in [-0.2, -0.15) is 0 Å². The lowest BCUT2D eigenvalue weighted by Gasteiger charge is -2.09. The van der Waals surface area contributed by atoms with E-state index in [-0.39, 0.29) is 6.17 Å². The van der Waals surface area contributed by atoms with E-state index in [4.69, 9.17) is 11.6 Å². The smallest absolute Gasteiger partial charge is 0.126 e. The van der Waals surface area contributed by atoms with Crippen molar-refractivity contribution in [3.05, 3.63) is 34.9 Å². The first kappa shape index (κ1) is 7.77. The molecule has 1 atom stereocenters. The van der Waals surface area contributed by atoms with Crippen LogP contribution in [0.4, 0.5) is 0 Å². The van der Waals surface area contributed by atoms with Gasteiger partial charge in [-0.3, -0.25) is 10.3 Å². The summed E-state index contributed by atoms with van der Waals surface area (Å²) in [6.45, 7) is 0.829. The van der Waals surface area contributed by atoms with Gasteiger partial charge in [0.15, 0.2) is 0 Å². The predicted molar refractivity (Wildman–Crippen MR) is 50.7 cm³/mol. The summed E-state index contributed by atoms with van der Waals surface area (Å²) in [4.78, 5) is 4.25. The monoisotopic (exact) mass is 180 g/mol. The Morgan fingerprint density at radius 1 is 1.42 bits per heavy atom. The maximum atomic E-state index is 5.99. The lowest BCUT2D eigenvalue weighted by Crippen LogP contribution is -2.14. The lowest BCUT2D eigenvalue weighted by atomic mass is 10.2. The normalized spacial score (nSPS) is 21.6. The summed E-state index contributed by atoms with van der Waals surface area (Å²) < 4.78 is 0. The molecule has 0 amide bonds. The number of nitrogens with one attached hydrogen (secondary N) is 1. The molecule has 0 fully saturated rings. The zero-order valence-corrected chi connectivity index (χ0v) is 7.25. The molecular formula is C9H9ClN2. The summed E-state index contributed by atoms with van der Waals surface area (Å²) in [6, 6.07) is 7.76. The molecule has 1 unspecified atom stereocenters. The molecule has 0 radical (unpaired) electrons. The van der Waals surface area contributed by atoms with E-state index >= 15 is 0 Å². The molecule has 1 heterocycles. The number of hydrogen-bond donors (Lipinski definition) is 1. The Morgan fingerprint density at radius 3 is 2.92 bits per heavy atom. The van der Waals surface area contributed by atoms with Crippen molar-refractivity contribution in [1.82, 2.24) is 5.32 Å². The molecule has 0 saturated carbocycles. The Kier molecular flexibility index (Phi) is 2.11. The molecule has 12 heavy (non-hydrogen) atoms. The molecular weight excluding hydrogens is 172 g/mol. The van der Waals surface area contributed by atoms with E-state index in [9.17, 15) is 0 Å². The van der Waals surface area contributed by atoms with Crippen molar-refractivity contribution in [3.63, 3.8) is 0 Å². The van der Waals surface area contributed by atoms with Gasteiger partial charge in [0.2, 0.25) is 0 Å². The Bertz CT molecular complexity index is 309. The van der Waals surface area contributed by atoms with E-state index < -0.39 is 0 Å². The van der Waals surface area contributed by atoms with Gasteiger partial charge >= 0.3 is 0 Å². The second kappa shape index (κ2) is 3.25. The highest BCUT2D eigenvalue weighted by Crippen LogP contribution is 2.24. The predicted octanol–water partition coefficient (Wildman–Crippen LogP) is 2.01. The maximum absolute atomic E-state index is 5.99. The van der Waals surface area contributed by atoms with E-state index in [0.29, 0.717) is 0 Å². The molecule has 0 aliphatic carbocycles. The van der Waals surface area contributed by atoms with Gasteiger partial charge in [-0.25, -0.2) is 0 Å². The second-order valence-corrected chi connectivity index (χ2v) is 3.07. The first-order chi connectivity index (χ1) is 5.88. The third-order valence-electron chi connectivity index (χ3n) is 1.86. The third kappa shape index (κ3) is 1.36. The van der Waals surface area contributed by atoms with Crippen LogP contribution in [0.25, 0.3) is 0 Å². The van der Waals surface area contributed by atoms with Crippen molar-refractivity contribution in [2.45, 2.75) is 6.17 Å². The van der Waals surface area contributed by atoms with Gasteiger partial charge in [-0.1, -0.05) is 29.8 Å². The molecule has 62 valence electrons. The molecule has 1 aliphatic rings. The topological polar surface area (TPSA) is 24.4 Å². The third-order valence-corrected chi connectivity index (χ3v) is 2.20. The second-order valence-electron chi connectivity index (χ2n) is 2.66. The Balaban J connectivity index is 2.33. The van der Waals surface area contributed by atoms with Crippen LogP contribution in [0.15, 0.2) is 29.3 Å². The van der Waals surface area contributed by atoms with E-state index in [1.54, 1.807) is 0 Å². The molecule has 1 aromatic carbocycles. The molecule has 0 aromatic heterocycles. The van der Waals surface area contributed by atoms with Crippen LogP contribution in [0, 0.1) is 0 Å². The van der Waals surface area contributed by atoms with Crippen LogP contribution in [0.3, 0.4) is 0 Å². The first-order valence-corrected chi connectivity index (χ1v) is 4.25. The maximum Gasteiger partial charge on any atom is 0.126 e. The fourth-order valence-electron chi connectivity index (χ4n) is 1.26. The Morgan fingerprint density at radius 2 is 2.25 bits per heavy atom. The molecule has 1 N–H and O–H groups in total. The number of hydrogen-bond acceptors (Lipinski definition) is 2. The van der Waals surface area contributed by atoms with E-state index in [0.717, 1.165) is 17.1 Å². The van der Waals surface area contributed by atoms with Crippen LogP contribution in [-0.2, 0) is 0 Å². The molecule has 2 nitrogen and oxygen atoms in total. The minimum absolute atomic E-state index is 0.0544. The zero-order chi connectivity index (χ0) is 8.39. The SMILES string of the molecule is Clc1ccccc1C1N=CCN1. The van der Waals surface area contributed by atoms with Crippen LogP contribution in [0.1, 0.15) is 11.7 Å². The molecule has 1 aliphatic heterocycles. The number of rotatable bonds is 1. The molecule has 0 bridgehead atoms. The highest BCUT2D eigenvalue weighted by atomic mass is 35.5. The summed E-state index contributed by atoms with van der Waals surface area (Å²) >= 11 is 5.99. The van der Waals surface area contributed by atoms with Gasteiger partial charge in [0.25, 0.3) is 0 Å². The van der Waals surface area contributed by atoms with E-state index in [2.05, 4.69) is 10.3 Å². The van der Waals surface area contributed by atoms with Crippen LogP contribution < -0.4 is 5.32 Å². The van der Waals surface area contributed by atoms with Crippen LogP contribution in [0.5, 0.6) is 0 Å². The average Bonchev–Trinajstić information content (AvgIpc) is 2.57. The number of benzene rings is 1. The summed E-state index contributed by atoms with van der Waals surface area (Å²) in [5.74, 6) is 0. The fourth-order valence-corrected chi connectivity index (χ4v) is 1.50. The highest BCUT2D eigenvalue weighted by molar-refractivity contribution is 6.31. The van der Waals surface area contributed by atoms with Crippen molar-refractivity contribution in [3.8, 4) is 0 Å². The van der Waals surface area contributed by atoms with Crippen LogP contribution in [0.2, 0.25) is 5.02 Å². The van der Waals surface area contributed by atoms with Crippen LogP contribution >= 0.6 is 11.6 Å². The minimum Gasteiger partial charge on any atom is -0.287 e. The Hall–Kier alpha value is -0.860. The van der Waals surface area contributed by atoms with Gasteiger partial charge < -0.3 is 0 Å². The largest absolute Gasteiger partial charge is 0.287 e. The van der Waals surface area contributed by atoms with E-state index in [1.807, 2.05) is 30.5 Å². The van der Waals surface area contributed by atoms with Gasteiger partial charge in [0.05, 0.1) is 0 Å². The number of halogens is 1. The molecule has 2 rings (SSSR count). The number of nitrogens with zero attached hydrogens (tertiary/aromatic N) is 1. The number of aliphatic imine (C=N–C) groups is 1. The summed E-state index contributed by atoms with van der Waals surface area (Å²) in [6.07, 6.45) is 1.92. The van der Waals surface area contributed by atoms with Gasteiger partial charge in [-0.05, 0) is 6.07 Å². The molecule has 3 heteroatoms. The molecule has 1 aromatic rings. The minimum atomic E-state index is 0.0544. The fraction of sp³-hybridized carbons (Fsp3) is 0.222. The van der Waals surface area contributed by atoms with Gasteiger partial charge in [0.1, 0.15) is 6.17 Å². The highest BCUT2D eigenvalue weighted by Gasteiger charge is 2.13. The van der Waals surface area contributed by atoms with Crippen LogP contribution in [-0.4, -0.2) is 12.8 Å². The Labute approximate surface area is 76.3 Å². The van der Waals surface area contributed by atoms with Crippen molar-refractivity contribution in [2.75, 3.05) is 6.54 Å². The zero-order valence-electron chi connectivity index (χ0n) is 6.50. The van der Waals surface area contributed by atoms with Gasteiger partial charge in [-0.15, -0.1) is 0 Å². The lowest BCUT2D eigenvalue weighted by molar-refractivity contribution is 0.644. The van der Waals surface area contributed by atoms with Crippen molar-refractivity contribution < 1.29 is 0 Å². The van der Waals surface area contributed by atoms with E-state index in [1.165, 1.54) is 0 Å². The summed E-state index contributed by atoms with van der Waals surface area (Å²) in [7, 11) is 0. The molecule has 0 spiro atoms. The standard InChI is InChI=1S/C9H9ClN2/c10-8-4-2-1-3-7(8)9-11-5-6-12-9/h1-5,9,12H,6H2. The molecule has 0 saturated heterocycles.